The minimum Gasteiger partial charge on any atom is -0.489 e. The summed E-state index contributed by atoms with van der Waals surface area (Å²) in [5.74, 6) is -0.225. The average molecular weight is 471 g/mol. The zero-order valence-electron chi connectivity index (χ0n) is 19.8. The Bertz CT molecular complexity index is 1280. The van der Waals surface area contributed by atoms with Crippen LogP contribution in [0.3, 0.4) is 0 Å². The number of nitrogens with one attached hydrogen (secondary N) is 1. The molecule has 1 atom stereocenters. The molecule has 0 bridgehead atoms. The van der Waals surface area contributed by atoms with Gasteiger partial charge in [0, 0.05) is 30.1 Å². The number of aryl methyl sites for hydroxylation is 1. The molecule has 1 aromatic heterocycles. The Morgan fingerprint density at radius 1 is 0.943 bits per heavy atom. The van der Waals surface area contributed by atoms with E-state index in [1.165, 1.54) is 5.56 Å². The van der Waals surface area contributed by atoms with Crippen LogP contribution in [0.1, 0.15) is 36.1 Å². The van der Waals surface area contributed by atoms with Gasteiger partial charge in [-0.15, -0.1) is 0 Å². The van der Waals surface area contributed by atoms with Crippen molar-refractivity contribution in [2.75, 3.05) is 6.54 Å². The average Bonchev–Trinajstić information content (AvgIpc) is 3.24. The van der Waals surface area contributed by atoms with Crippen molar-refractivity contribution in [3.05, 3.63) is 102 Å². The summed E-state index contributed by atoms with van der Waals surface area (Å²) in [4.78, 5) is 24.2. The van der Waals surface area contributed by atoms with Crippen LogP contribution in [0.4, 0.5) is 0 Å². The molecule has 0 fully saturated rings. The second kappa shape index (κ2) is 11.4. The van der Waals surface area contributed by atoms with Crippen LogP contribution in [-0.4, -0.2) is 28.1 Å². The number of carboxylic acids is 1. The molecule has 0 spiro atoms. The fourth-order valence-corrected chi connectivity index (χ4v) is 4.15. The topological polar surface area (TPSA) is 80.6 Å². The SMILES string of the molecule is CC(C(=O)NCCc1ccccc1)n1cc(CCC(=O)O)c2cc(OCc3ccccc3)ccc21. The molecule has 0 saturated carbocycles. The third kappa shape index (κ3) is 6.29. The van der Waals surface area contributed by atoms with Crippen LogP contribution in [0.25, 0.3) is 10.9 Å². The van der Waals surface area contributed by atoms with Crippen molar-refractivity contribution >= 4 is 22.8 Å². The first kappa shape index (κ1) is 24.1. The highest BCUT2D eigenvalue weighted by atomic mass is 16.5. The summed E-state index contributed by atoms with van der Waals surface area (Å²) in [6, 6.07) is 25.3. The van der Waals surface area contributed by atoms with Crippen molar-refractivity contribution in [1.29, 1.82) is 0 Å². The molecule has 4 rings (SSSR count). The van der Waals surface area contributed by atoms with Crippen molar-refractivity contribution in [1.82, 2.24) is 9.88 Å². The zero-order valence-corrected chi connectivity index (χ0v) is 19.8. The van der Waals surface area contributed by atoms with Gasteiger partial charge < -0.3 is 19.7 Å². The van der Waals surface area contributed by atoms with E-state index in [0.29, 0.717) is 25.3 Å². The number of aromatic nitrogens is 1. The van der Waals surface area contributed by atoms with Gasteiger partial charge >= 0.3 is 5.97 Å². The van der Waals surface area contributed by atoms with E-state index in [0.717, 1.165) is 28.5 Å². The minimum absolute atomic E-state index is 0.0197. The van der Waals surface area contributed by atoms with Crippen LogP contribution in [0.2, 0.25) is 0 Å². The number of carbonyl (C=O) groups is 2. The van der Waals surface area contributed by atoms with Gasteiger partial charge in [-0.3, -0.25) is 9.59 Å². The van der Waals surface area contributed by atoms with Gasteiger partial charge in [-0.05, 0) is 54.7 Å². The number of nitrogens with zero attached hydrogens (tertiary/aromatic N) is 1. The number of fused-ring (bicyclic) bond motifs is 1. The summed E-state index contributed by atoms with van der Waals surface area (Å²) in [5, 5.41) is 13.1. The largest absolute Gasteiger partial charge is 0.489 e. The summed E-state index contributed by atoms with van der Waals surface area (Å²) in [7, 11) is 0. The summed E-state index contributed by atoms with van der Waals surface area (Å²) < 4.78 is 7.91. The Hall–Kier alpha value is -4.06. The van der Waals surface area contributed by atoms with E-state index in [1.54, 1.807) is 0 Å². The fourth-order valence-electron chi connectivity index (χ4n) is 4.15. The molecule has 6 nitrogen and oxygen atoms in total. The lowest BCUT2D eigenvalue weighted by molar-refractivity contribution is -0.137. The maximum absolute atomic E-state index is 12.9. The zero-order chi connectivity index (χ0) is 24.6. The van der Waals surface area contributed by atoms with Crippen LogP contribution in [0, 0.1) is 0 Å². The number of carbonyl (C=O) groups excluding carboxylic acids is 1. The molecule has 0 aliphatic heterocycles. The first-order chi connectivity index (χ1) is 17.0. The van der Waals surface area contributed by atoms with E-state index in [9.17, 15) is 14.7 Å². The van der Waals surface area contributed by atoms with E-state index in [1.807, 2.05) is 96.6 Å². The molecule has 0 radical (unpaired) electrons. The number of hydrogen-bond acceptors (Lipinski definition) is 3. The van der Waals surface area contributed by atoms with Crippen molar-refractivity contribution in [3.63, 3.8) is 0 Å². The van der Waals surface area contributed by atoms with Crippen LogP contribution in [-0.2, 0) is 29.0 Å². The number of amides is 1. The molecular formula is C29H30N2O4. The molecule has 0 aliphatic carbocycles. The molecule has 0 saturated heterocycles. The first-order valence-corrected chi connectivity index (χ1v) is 11.8. The molecule has 4 aromatic rings. The molecular weight excluding hydrogens is 440 g/mol. The van der Waals surface area contributed by atoms with Crippen molar-refractivity contribution in [3.8, 4) is 5.75 Å². The van der Waals surface area contributed by atoms with E-state index < -0.39 is 12.0 Å². The van der Waals surface area contributed by atoms with Crippen LogP contribution >= 0.6 is 0 Å². The molecule has 3 aromatic carbocycles. The lowest BCUT2D eigenvalue weighted by Gasteiger charge is -2.16. The number of ether oxygens (including phenoxy) is 1. The highest BCUT2D eigenvalue weighted by Gasteiger charge is 2.19. The molecule has 180 valence electrons. The van der Waals surface area contributed by atoms with Gasteiger partial charge in [0.2, 0.25) is 5.91 Å². The quantitative estimate of drug-likeness (QED) is 0.317. The van der Waals surface area contributed by atoms with Crippen molar-refractivity contribution in [2.24, 2.45) is 0 Å². The van der Waals surface area contributed by atoms with Gasteiger partial charge in [0.15, 0.2) is 0 Å². The minimum atomic E-state index is -0.853. The van der Waals surface area contributed by atoms with Crippen LogP contribution in [0.5, 0.6) is 5.75 Å². The predicted molar refractivity (Wildman–Crippen MR) is 137 cm³/mol. The highest BCUT2D eigenvalue weighted by Crippen LogP contribution is 2.30. The summed E-state index contributed by atoms with van der Waals surface area (Å²) in [6.45, 7) is 2.85. The van der Waals surface area contributed by atoms with Crippen LogP contribution in [0.15, 0.2) is 85.1 Å². The molecule has 35 heavy (non-hydrogen) atoms. The van der Waals surface area contributed by atoms with E-state index in [4.69, 9.17) is 4.74 Å². The van der Waals surface area contributed by atoms with Gasteiger partial charge in [-0.25, -0.2) is 0 Å². The maximum atomic E-state index is 12.9. The highest BCUT2D eigenvalue weighted by molar-refractivity contribution is 5.89. The Balaban J connectivity index is 1.51. The lowest BCUT2D eigenvalue weighted by Crippen LogP contribution is -2.32. The van der Waals surface area contributed by atoms with Gasteiger partial charge in [-0.2, -0.15) is 0 Å². The molecule has 1 unspecified atom stereocenters. The van der Waals surface area contributed by atoms with Crippen molar-refractivity contribution in [2.45, 2.75) is 38.8 Å². The Morgan fingerprint density at radius 3 is 2.31 bits per heavy atom. The number of carboxylic acid groups (broad SMARTS) is 1. The molecule has 2 N–H and O–H groups in total. The molecule has 1 heterocycles. The van der Waals surface area contributed by atoms with Crippen molar-refractivity contribution < 1.29 is 19.4 Å². The smallest absolute Gasteiger partial charge is 0.303 e. The standard InChI is InChI=1S/C29H30N2O4/c1-21(29(34)30-17-16-22-8-4-2-5-9-22)31-19-24(12-15-28(32)33)26-18-25(13-14-27(26)31)35-20-23-10-6-3-7-11-23/h2-11,13-14,18-19,21H,12,15-17,20H2,1H3,(H,30,34)(H,32,33). The van der Waals surface area contributed by atoms with Crippen LogP contribution < -0.4 is 10.1 Å². The Kier molecular flexibility index (Phi) is 7.83. The van der Waals surface area contributed by atoms with Gasteiger partial charge in [0.05, 0.1) is 0 Å². The summed E-state index contributed by atoms with van der Waals surface area (Å²) >= 11 is 0. The van der Waals surface area contributed by atoms with Gasteiger partial charge in [0.25, 0.3) is 0 Å². The number of rotatable bonds is 11. The third-order valence-electron chi connectivity index (χ3n) is 6.10. The third-order valence-corrected chi connectivity index (χ3v) is 6.10. The molecule has 6 heteroatoms. The maximum Gasteiger partial charge on any atom is 0.303 e. The number of aliphatic carboxylic acids is 1. The summed E-state index contributed by atoms with van der Waals surface area (Å²) in [5.41, 5.74) is 4.00. The molecule has 1 amide bonds. The normalized spacial score (nSPS) is 11.8. The second-order valence-electron chi connectivity index (χ2n) is 8.61. The Labute approximate surface area is 205 Å². The van der Waals surface area contributed by atoms with E-state index in [-0.39, 0.29) is 12.3 Å². The van der Waals surface area contributed by atoms with E-state index >= 15 is 0 Å². The first-order valence-electron chi connectivity index (χ1n) is 11.8. The monoisotopic (exact) mass is 470 g/mol. The van der Waals surface area contributed by atoms with E-state index in [2.05, 4.69) is 5.32 Å². The Morgan fingerprint density at radius 2 is 1.63 bits per heavy atom. The lowest BCUT2D eigenvalue weighted by atomic mass is 10.1. The number of benzene rings is 3. The fraction of sp³-hybridized carbons (Fsp3) is 0.241. The molecule has 0 aliphatic rings. The predicted octanol–water partition coefficient (Wildman–Crippen LogP) is 5.16. The summed E-state index contributed by atoms with van der Waals surface area (Å²) in [6.07, 6.45) is 3.06. The second-order valence-corrected chi connectivity index (χ2v) is 8.61. The number of hydrogen-bond donors (Lipinski definition) is 2. The van der Waals surface area contributed by atoms with Gasteiger partial charge in [-0.1, -0.05) is 60.7 Å². The van der Waals surface area contributed by atoms with Gasteiger partial charge in [0.1, 0.15) is 18.4 Å².